The van der Waals surface area contributed by atoms with Crippen LogP contribution < -0.4 is 69.1 Å². The van der Waals surface area contributed by atoms with Gasteiger partial charge in [0.25, 0.3) is 5.91 Å². The minimum absolute atomic E-state index is 0.105. The maximum atomic E-state index is 15.0. The van der Waals surface area contributed by atoms with Crippen molar-refractivity contribution in [1.82, 2.24) is 69.1 Å². The Morgan fingerprint density at radius 1 is 0.504 bits per heavy atom. The number of aliphatic carboxylic acids is 1. The Bertz CT molecular complexity index is 3470. The molecule has 0 aromatic heterocycles. The fraction of sp³-hybridized carbons (Fsp3) is 0.733. The molecule has 2 rings (SSSR count). The molecule has 1 aliphatic carbocycles. The number of carboxylic acids is 1. The molecule has 674 valence electrons. The van der Waals surface area contributed by atoms with E-state index in [1.807, 2.05) is 5.32 Å². The number of amides is 13. The number of carbonyl (C=O) groups is 18. The molecule has 1 heterocycles. The zero-order valence-corrected chi connectivity index (χ0v) is 70.3. The van der Waals surface area contributed by atoms with Crippen molar-refractivity contribution >= 4 is 119 Å². The molecule has 0 radical (unpaired) electrons. The van der Waals surface area contributed by atoms with E-state index in [4.69, 9.17) is 44.8 Å². The summed E-state index contributed by atoms with van der Waals surface area (Å²) in [6, 6.07) is -18.2. The number of hydrogen-bond donors (Lipinski definition) is 18. The van der Waals surface area contributed by atoms with Gasteiger partial charge in [0.15, 0.2) is 12.1 Å². The van der Waals surface area contributed by atoms with Gasteiger partial charge in [-0.2, -0.15) is 0 Å². The second-order valence-corrected chi connectivity index (χ2v) is 31.7. The number of cyclic esters (lactones) is 1. The van der Waals surface area contributed by atoms with Gasteiger partial charge in [-0.1, -0.05) is 70.8 Å². The van der Waals surface area contributed by atoms with Crippen LogP contribution in [0.15, 0.2) is 11.8 Å². The first-order chi connectivity index (χ1) is 55.7. The van der Waals surface area contributed by atoms with Gasteiger partial charge in [-0.15, -0.1) is 11.6 Å². The van der Waals surface area contributed by atoms with Crippen LogP contribution >= 0.6 is 11.6 Å². The smallest absolute Gasteiger partial charge is 0.410 e. The fourth-order valence-corrected chi connectivity index (χ4v) is 10.6. The highest BCUT2D eigenvalue weighted by Crippen LogP contribution is 2.21. The highest BCUT2D eigenvalue weighted by molar-refractivity contribution is 6.18. The molecular weight excluding hydrogens is 1600 g/mol. The third kappa shape index (κ3) is 42.3. The van der Waals surface area contributed by atoms with Crippen molar-refractivity contribution in [3.8, 4) is 0 Å². The van der Waals surface area contributed by atoms with Crippen molar-refractivity contribution in [2.75, 3.05) is 52.5 Å². The third-order valence-corrected chi connectivity index (χ3v) is 17.9. The molecule has 44 heteroatoms. The highest BCUT2D eigenvalue weighted by Gasteiger charge is 2.42. The van der Waals surface area contributed by atoms with Gasteiger partial charge in [-0.25, -0.2) is 24.0 Å². The average Bonchev–Trinajstić information content (AvgIpc) is 1.84. The van der Waals surface area contributed by atoms with Crippen molar-refractivity contribution in [3.05, 3.63) is 11.8 Å². The molecule has 1 aliphatic heterocycles. The monoisotopic (exact) mass is 1720 g/mol. The summed E-state index contributed by atoms with van der Waals surface area (Å²) in [7, 11) is 0. The van der Waals surface area contributed by atoms with Crippen LogP contribution in [-0.4, -0.2) is 264 Å². The van der Waals surface area contributed by atoms with Gasteiger partial charge in [-0.05, 0) is 128 Å². The lowest BCUT2D eigenvalue weighted by atomic mass is 9.97. The zero-order valence-electron chi connectivity index (χ0n) is 69.5. The van der Waals surface area contributed by atoms with Crippen LogP contribution in [-0.2, 0) is 105 Å². The number of alkyl carbamates (subject to hydrolysis) is 3. The topological polar surface area (TPSA) is 629 Å². The Balaban J connectivity index is 3.07. The van der Waals surface area contributed by atoms with Crippen molar-refractivity contribution in [3.63, 3.8) is 0 Å². The molecule has 1 saturated carbocycles. The van der Waals surface area contributed by atoms with E-state index in [1.165, 1.54) is 48.5 Å². The molecule has 2 fully saturated rings. The predicted octanol–water partition coefficient (Wildman–Crippen LogP) is -1.02. The Morgan fingerprint density at radius 2 is 0.941 bits per heavy atom. The number of carbonyl (C=O) groups excluding carboxylic acids is 17. The number of unbranched alkanes of at least 4 members (excludes halogenated alkanes) is 9. The van der Waals surface area contributed by atoms with E-state index in [1.54, 1.807) is 20.8 Å². The summed E-state index contributed by atoms with van der Waals surface area (Å²) in [5.41, 5.74) is -3.86. The number of aliphatic hydroxyl groups is 4. The summed E-state index contributed by atoms with van der Waals surface area (Å²) in [6.07, 6.45) is -5.99. The van der Waals surface area contributed by atoms with Crippen LogP contribution in [0, 0.1) is 16.2 Å². The van der Waals surface area contributed by atoms with E-state index in [0.717, 1.165) is 57.9 Å². The quantitative estimate of drug-likeness (QED) is 0.00878. The van der Waals surface area contributed by atoms with Crippen LogP contribution in [0.3, 0.4) is 0 Å². The highest BCUT2D eigenvalue weighted by atomic mass is 35.5. The van der Waals surface area contributed by atoms with Gasteiger partial charge in [0.2, 0.25) is 73.5 Å². The van der Waals surface area contributed by atoms with Crippen molar-refractivity contribution in [2.24, 2.45) is 16.2 Å². The molecule has 12 atom stereocenters. The lowest BCUT2D eigenvalue weighted by molar-refractivity contribution is -0.162. The van der Waals surface area contributed by atoms with Crippen molar-refractivity contribution in [1.29, 1.82) is 0 Å². The van der Waals surface area contributed by atoms with Gasteiger partial charge >= 0.3 is 48.1 Å². The third-order valence-electron chi connectivity index (χ3n) is 17.6. The summed E-state index contributed by atoms with van der Waals surface area (Å²) in [5, 5.41) is 84.0. The number of halogens is 1. The summed E-state index contributed by atoms with van der Waals surface area (Å²) in [6.45, 7) is 12.3. The molecule has 119 heavy (non-hydrogen) atoms. The number of ether oxygens (including phenoxy) is 7. The minimum atomic E-state index is -2.99. The molecule has 43 nitrogen and oxygen atoms in total. The van der Waals surface area contributed by atoms with Crippen LogP contribution in [0.4, 0.5) is 14.4 Å². The first kappa shape index (κ1) is 105. The number of alkyl halides is 1. The van der Waals surface area contributed by atoms with Gasteiger partial charge < -0.3 is 128 Å². The van der Waals surface area contributed by atoms with Crippen molar-refractivity contribution < 1.29 is 145 Å². The van der Waals surface area contributed by atoms with Crippen LogP contribution in [0.1, 0.15) is 205 Å². The van der Waals surface area contributed by atoms with E-state index < -0.39 is 286 Å². The number of aliphatic hydroxyl groups excluding tert-OH is 4. The molecule has 0 aromatic rings. The summed E-state index contributed by atoms with van der Waals surface area (Å²) in [4.78, 5) is 248. The predicted molar refractivity (Wildman–Crippen MR) is 416 cm³/mol. The Morgan fingerprint density at radius 3 is 1.40 bits per heavy atom. The summed E-state index contributed by atoms with van der Waals surface area (Å²) < 4.78 is 35.1. The van der Waals surface area contributed by atoms with Crippen LogP contribution in [0.5, 0.6) is 0 Å². The first-order valence-electron chi connectivity index (χ1n) is 39.3. The molecule has 13 amide bonds. The van der Waals surface area contributed by atoms with Crippen molar-refractivity contribution in [2.45, 2.75) is 284 Å². The number of hydrogen-bond acceptors (Lipinski definition) is 29. The summed E-state index contributed by atoms with van der Waals surface area (Å²) >= 11 is 6.02. The molecule has 0 bridgehead atoms. The standard InChI is InChI=1S/C75H122ClN13O30/c1-13-15-16-17-18-19-20-21-22-25-43(91)34-51(93)81-49-37-113-66(106)54(50(92)36-76)88-57(96)44(14-2)82-63(102)53(41(3)90)87-60(99)47(30-33-79-72(112)119-40-116-69(109)75(10,11)12)85-64(103)55(56(95)65(104)105)89-59(98)45(26-23-24-31-77-70(110)117-38-114-67(107)73(4,5)6)83-61(100)48(35-52(94)80-42-27-28-42)86-58(97)46(84-62(49)101)29-32-78-71(111)118-39-115-68(108)74(7,8)9/h14,41-43,45-50,53-56,90-92,95H,13,15-40H2,1-12H3,(H,77,110)(H,78,111)(H,79,112)(H,80,94)(H,81,93)(H,82,102)(H,83,100)(H,84,101)(H,85,103)(H,86,97)(H,87,99)(H,88,96)(H,89,98)(H,104,105)/b44-14+/t41-,43+,45?,46?,47-,48-,49?,50+,53?,54?,55?,56-/m0/s1. The first-order valence-corrected chi connectivity index (χ1v) is 39.9. The van der Waals surface area contributed by atoms with E-state index in [9.17, 15) is 102 Å². The fourth-order valence-electron chi connectivity index (χ4n) is 10.4. The lowest BCUT2D eigenvalue weighted by Crippen LogP contribution is -2.63. The van der Waals surface area contributed by atoms with Gasteiger partial charge in [0.1, 0.15) is 54.6 Å². The zero-order chi connectivity index (χ0) is 89.9. The number of carboxylic acid groups (broad SMARTS) is 1. The van der Waals surface area contributed by atoms with Crippen LogP contribution in [0.2, 0.25) is 0 Å². The largest absolute Gasteiger partial charge is 0.479 e. The summed E-state index contributed by atoms with van der Waals surface area (Å²) in [5.74, 6) is -20.8. The number of esters is 4. The van der Waals surface area contributed by atoms with E-state index in [-0.39, 0.29) is 25.8 Å². The van der Waals surface area contributed by atoms with E-state index >= 15 is 9.59 Å². The van der Waals surface area contributed by atoms with E-state index in [2.05, 4.69) is 70.7 Å². The molecule has 6 unspecified atom stereocenters. The molecule has 0 spiro atoms. The Kier molecular flexibility index (Phi) is 46.9. The van der Waals surface area contributed by atoms with Crippen LogP contribution in [0.25, 0.3) is 0 Å². The van der Waals surface area contributed by atoms with E-state index in [0.29, 0.717) is 25.7 Å². The molecular formula is C75H122ClN13O30. The van der Waals surface area contributed by atoms with Gasteiger partial charge in [0.05, 0.1) is 53.3 Å². The average molecular weight is 1720 g/mol. The molecule has 1 saturated heterocycles. The molecule has 2 aliphatic rings. The maximum absolute atomic E-state index is 15.0. The number of nitrogens with one attached hydrogen (secondary N) is 13. The second kappa shape index (κ2) is 53.3. The Hall–Kier alpha value is -10.3. The van der Waals surface area contributed by atoms with Gasteiger partial charge in [-0.3, -0.25) is 62.3 Å². The van der Waals surface area contributed by atoms with Gasteiger partial charge in [0, 0.05) is 25.7 Å². The minimum Gasteiger partial charge on any atom is -0.479 e. The lowest BCUT2D eigenvalue weighted by Gasteiger charge is -2.29. The number of allylic oxidation sites excluding steroid dienone is 1. The Labute approximate surface area is 694 Å². The SMILES string of the molecule is C/C=C1/NC(=O)C([C@H](C)O)NC(=O)[C@H](CCNC(=O)OCOC(=O)C(C)(C)C)NC(=O)C([C@H](O)C(=O)O)NC(=O)C(CCCCNC(=O)OCOC(=O)C(C)(C)C)NC(=O)[C@H](CC(=O)NC2CC2)NC(=O)C(CCNC(=O)OCOC(=O)C(C)(C)C)NC(=O)C(NC(=O)C[C@H](O)CCCCCCCCCCC)COC(=O)C([C@H](O)CCl)NC1=O. The maximum Gasteiger partial charge on any atom is 0.410 e. The number of rotatable bonds is 38. The molecule has 0 aromatic carbocycles. The second-order valence-electron chi connectivity index (χ2n) is 31.4. The molecule has 18 N–H and O–H groups in total. The normalized spacial score (nSPS) is 21.3.